The molecule has 0 fully saturated rings. The van der Waals surface area contributed by atoms with Crippen molar-refractivity contribution in [1.82, 2.24) is 0 Å². The molecular weight excluding hydrogens is 156 g/mol. The van der Waals surface area contributed by atoms with Crippen LogP contribution in [0.15, 0.2) is 11.6 Å². The Morgan fingerprint density at radius 2 is 2.43 bits per heavy atom. The molecule has 42 valence electrons. The summed E-state index contributed by atoms with van der Waals surface area (Å²) in [4.78, 5) is 0. The first kappa shape index (κ1) is 7.18. The summed E-state index contributed by atoms with van der Waals surface area (Å²) in [6, 6.07) is 0. The van der Waals surface area contributed by atoms with E-state index in [-0.39, 0.29) is 6.61 Å². The number of hydrogen-bond acceptors (Lipinski definition) is 1. The van der Waals surface area contributed by atoms with Crippen molar-refractivity contribution in [3.05, 3.63) is 11.6 Å². The van der Waals surface area contributed by atoms with Crippen molar-refractivity contribution in [1.29, 1.82) is 0 Å². The monoisotopic (exact) mass is 164 g/mol. The SMILES string of the molecule is C/C(=C/CO)CBr. The van der Waals surface area contributed by atoms with Crippen LogP contribution in [0.5, 0.6) is 0 Å². The number of hydrogen-bond donors (Lipinski definition) is 1. The van der Waals surface area contributed by atoms with Gasteiger partial charge in [0.15, 0.2) is 0 Å². The lowest BCUT2D eigenvalue weighted by molar-refractivity contribution is 0.342. The number of aliphatic hydroxyl groups is 1. The average Bonchev–Trinajstić information content (AvgIpc) is 1.68. The molecule has 1 N–H and O–H groups in total. The molecule has 0 saturated carbocycles. The second kappa shape index (κ2) is 4.34. The third kappa shape index (κ3) is 4.02. The van der Waals surface area contributed by atoms with E-state index in [1.165, 1.54) is 5.57 Å². The highest BCUT2D eigenvalue weighted by atomic mass is 79.9. The summed E-state index contributed by atoms with van der Waals surface area (Å²) in [7, 11) is 0. The summed E-state index contributed by atoms with van der Waals surface area (Å²) in [5.41, 5.74) is 1.17. The Bertz CT molecular complexity index is 68.5. The number of halogens is 1. The predicted molar refractivity (Wildman–Crippen MR) is 34.6 cm³/mol. The zero-order chi connectivity index (χ0) is 5.70. The summed E-state index contributed by atoms with van der Waals surface area (Å²) >= 11 is 3.24. The van der Waals surface area contributed by atoms with Crippen molar-refractivity contribution in [3.63, 3.8) is 0 Å². The predicted octanol–water partition coefficient (Wildman–Crippen LogP) is 1.32. The molecular formula is C5H9BrO. The van der Waals surface area contributed by atoms with E-state index in [1.807, 2.05) is 6.92 Å². The molecule has 0 bridgehead atoms. The molecule has 0 unspecified atom stereocenters. The van der Waals surface area contributed by atoms with Crippen molar-refractivity contribution in [2.75, 3.05) is 11.9 Å². The molecule has 0 aliphatic rings. The number of alkyl halides is 1. The number of rotatable bonds is 2. The normalized spacial score (nSPS) is 12.1. The van der Waals surface area contributed by atoms with Crippen molar-refractivity contribution in [2.24, 2.45) is 0 Å². The first-order valence-corrected chi connectivity index (χ1v) is 3.26. The van der Waals surface area contributed by atoms with Gasteiger partial charge >= 0.3 is 0 Å². The summed E-state index contributed by atoms with van der Waals surface area (Å²) in [5, 5.41) is 9.13. The second-order valence-corrected chi connectivity index (χ2v) is 1.93. The van der Waals surface area contributed by atoms with Crippen LogP contribution in [0.2, 0.25) is 0 Å². The Morgan fingerprint density at radius 1 is 1.86 bits per heavy atom. The highest BCUT2D eigenvalue weighted by Gasteiger charge is 1.78. The van der Waals surface area contributed by atoms with Gasteiger partial charge in [-0.25, -0.2) is 0 Å². The quantitative estimate of drug-likeness (QED) is 0.483. The van der Waals surface area contributed by atoms with Gasteiger partial charge in [0.05, 0.1) is 6.61 Å². The van der Waals surface area contributed by atoms with Crippen molar-refractivity contribution in [2.45, 2.75) is 6.92 Å². The molecule has 0 aliphatic carbocycles. The molecule has 0 aromatic carbocycles. The van der Waals surface area contributed by atoms with Gasteiger partial charge < -0.3 is 5.11 Å². The van der Waals surface area contributed by atoms with Crippen molar-refractivity contribution >= 4 is 15.9 Å². The standard InChI is InChI=1S/C5H9BrO/c1-5(4-6)2-3-7/h2,7H,3-4H2,1H3/b5-2-. The van der Waals surface area contributed by atoms with Crippen molar-refractivity contribution in [3.8, 4) is 0 Å². The van der Waals surface area contributed by atoms with E-state index in [4.69, 9.17) is 5.11 Å². The minimum atomic E-state index is 0.150. The topological polar surface area (TPSA) is 20.2 Å². The molecule has 0 spiro atoms. The fourth-order valence-corrected chi connectivity index (χ4v) is 0.439. The average molecular weight is 165 g/mol. The van der Waals surface area contributed by atoms with E-state index in [1.54, 1.807) is 6.08 Å². The van der Waals surface area contributed by atoms with Gasteiger partial charge in [0, 0.05) is 5.33 Å². The Balaban J connectivity index is 3.29. The molecule has 0 saturated heterocycles. The highest BCUT2D eigenvalue weighted by molar-refractivity contribution is 9.09. The Morgan fingerprint density at radius 3 is 2.57 bits per heavy atom. The zero-order valence-corrected chi connectivity index (χ0v) is 5.90. The van der Waals surface area contributed by atoms with Crippen LogP contribution in [0.25, 0.3) is 0 Å². The van der Waals surface area contributed by atoms with E-state index >= 15 is 0 Å². The summed E-state index contributed by atoms with van der Waals surface area (Å²) in [6.07, 6.45) is 1.77. The summed E-state index contributed by atoms with van der Waals surface area (Å²) < 4.78 is 0. The maximum atomic E-state index is 8.27. The highest BCUT2D eigenvalue weighted by Crippen LogP contribution is 1.94. The molecule has 0 rings (SSSR count). The third-order valence-corrected chi connectivity index (χ3v) is 1.54. The van der Waals surface area contributed by atoms with Gasteiger partial charge in [-0.3, -0.25) is 0 Å². The second-order valence-electron chi connectivity index (χ2n) is 1.37. The number of aliphatic hydroxyl groups excluding tert-OH is 1. The van der Waals surface area contributed by atoms with Gasteiger partial charge in [0.25, 0.3) is 0 Å². The molecule has 0 amide bonds. The van der Waals surface area contributed by atoms with Gasteiger partial charge in [-0.1, -0.05) is 27.6 Å². The van der Waals surface area contributed by atoms with E-state index < -0.39 is 0 Å². The molecule has 7 heavy (non-hydrogen) atoms. The lowest BCUT2D eigenvalue weighted by Gasteiger charge is -1.86. The molecule has 0 heterocycles. The minimum absolute atomic E-state index is 0.150. The van der Waals surface area contributed by atoms with Crippen LogP contribution in [0, 0.1) is 0 Å². The third-order valence-electron chi connectivity index (χ3n) is 0.651. The van der Waals surface area contributed by atoms with Crippen LogP contribution in [0.1, 0.15) is 6.92 Å². The van der Waals surface area contributed by atoms with Gasteiger partial charge in [-0.15, -0.1) is 0 Å². The molecule has 2 heteroatoms. The molecule has 0 aliphatic heterocycles. The fraction of sp³-hybridized carbons (Fsp3) is 0.600. The van der Waals surface area contributed by atoms with Gasteiger partial charge in [0.1, 0.15) is 0 Å². The van der Waals surface area contributed by atoms with E-state index in [0.29, 0.717) is 0 Å². The van der Waals surface area contributed by atoms with E-state index in [9.17, 15) is 0 Å². The fourth-order valence-electron chi connectivity index (χ4n) is 0.210. The van der Waals surface area contributed by atoms with Crippen LogP contribution < -0.4 is 0 Å². The van der Waals surface area contributed by atoms with Gasteiger partial charge in [-0.05, 0) is 6.92 Å². The minimum Gasteiger partial charge on any atom is -0.392 e. The lowest BCUT2D eigenvalue weighted by Crippen LogP contribution is -1.78. The Kier molecular flexibility index (Phi) is 4.45. The Labute approximate surface area is 52.2 Å². The first-order chi connectivity index (χ1) is 3.31. The number of allylic oxidation sites excluding steroid dienone is 1. The van der Waals surface area contributed by atoms with E-state index in [2.05, 4.69) is 15.9 Å². The maximum absolute atomic E-state index is 8.27. The van der Waals surface area contributed by atoms with Crippen LogP contribution in [0.4, 0.5) is 0 Å². The zero-order valence-electron chi connectivity index (χ0n) is 4.32. The van der Waals surface area contributed by atoms with Crippen molar-refractivity contribution < 1.29 is 5.11 Å². The van der Waals surface area contributed by atoms with Gasteiger partial charge in [-0.2, -0.15) is 0 Å². The maximum Gasteiger partial charge on any atom is 0.0615 e. The molecule has 0 aromatic heterocycles. The summed E-state index contributed by atoms with van der Waals surface area (Å²) in [6.45, 7) is 2.11. The van der Waals surface area contributed by atoms with Crippen LogP contribution in [-0.2, 0) is 0 Å². The van der Waals surface area contributed by atoms with E-state index in [0.717, 1.165) is 5.33 Å². The lowest BCUT2D eigenvalue weighted by atomic mass is 10.3. The largest absolute Gasteiger partial charge is 0.392 e. The van der Waals surface area contributed by atoms with Crippen LogP contribution in [-0.4, -0.2) is 17.0 Å². The van der Waals surface area contributed by atoms with Gasteiger partial charge in [0.2, 0.25) is 0 Å². The summed E-state index contributed by atoms with van der Waals surface area (Å²) in [5.74, 6) is 0. The molecule has 0 aromatic rings. The Hall–Kier alpha value is 0.180. The first-order valence-electron chi connectivity index (χ1n) is 2.13. The van der Waals surface area contributed by atoms with Crippen LogP contribution in [0.3, 0.4) is 0 Å². The van der Waals surface area contributed by atoms with Crippen LogP contribution >= 0.6 is 15.9 Å². The molecule has 1 nitrogen and oxygen atoms in total. The molecule has 0 atom stereocenters. The smallest absolute Gasteiger partial charge is 0.0615 e. The molecule has 0 radical (unpaired) electrons.